The molecule has 0 spiro atoms. The van der Waals surface area contributed by atoms with E-state index in [1.165, 1.54) is 18.3 Å². The number of aromatic nitrogens is 1. The van der Waals surface area contributed by atoms with Gasteiger partial charge in [-0.05, 0) is 26.0 Å². The lowest BCUT2D eigenvalue weighted by Gasteiger charge is -2.12. The van der Waals surface area contributed by atoms with Gasteiger partial charge in [0.25, 0.3) is 5.91 Å². The average Bonchev–Trinajstić information content (AvgIpc) is 2.30. The fraction of sp³-hybridized carbons (Fsp3) is 0.364. The van der Waals surface area contributed by atoms with Crippen LogP contribution in [0.5, 0.6) is 0 Å². The zero-order valence-electron chi connectivity index (χ0n) is 9.57. The van der Waals surface area contributed by atoms with Crippen molar-refractivity contribution in [3.63, 3.8) is 0 Å². The first kappa shape index (κ1) is 13.4. The third-order valence-electron chi connectivity index (χ3n) is 1.98. The predicted octanol–water partition coefficient (Wildman–Crippen LogP) is 1.42. The molecule has 0 aliphatic carbocycles. The fourth-order valence-electron chi connectivity index (χ4n) is 1.12. The standard InChI is InChI=1S/C11H13ClN2O3/c1-3-17-11(16)7(2)14-10(15)8-4-5-9(12)13-6-8/h4-7H,3H2,1-2H3,(H,14,15). The van der Waals surface area contributed by atoms with Crippen molar-refractivity contribution in [1.29, 1.82) is 0 Å². The number of ether oxygens (including phenoxy) is 1. The van der Waals surface area contributed by atoms with E-state index in [0.29, 0.717) is 10.7 Å². The van der Waals surface area contributed by atoms with Crippen molar-refractivity contribution in [1.82, 2.24) is 10.3 Å². The number of hydrogen-bond donors (Lipinski definition) is 1. The maximum Gasteiger partial charge on any atom is 0.328 e. The van der Waals surface area contributed by atoms with Gasteiger partial charge in [0, 0.05) is 6.20 Å². The molecule has 0 fully saturated rings. The second kappa shape index (κ2) is 6.20. The van der Waals surface area contributed by atoms with E-state index < -0.39 is 17.9 Å². The Labute approximate surface area is 104 Å². The number of hydrogen-bond acceptors (Lipinski definition) is 4. The summed E-state index contributed by atoms with van der Waals surface area (Å²) in [7, 11) is 0. The molecule has 1 unspecified atom stereocenters. The molecule has 0 radical (unpaired) electrons. The Balaban J connectivity index is 2.60. The highest BCUT2D eigenvalue weighted by Gasteiger charge is 2.17. The molecule has 17 heavy (non-hydrogen) atoms. The molecule has 5 nitrogen and oxygen atoms in total. The topological polar surface area (TPSA) is 68.3 Å². The van der Waals surface area contributed by atoms with Crippen LogP contribution in [0.4, 0.5) is 0 Å². The van der Waals surface area contributed by atoms with E-state index in [9.17, 15) is 9.59 Å². The number of carbonyl (C=O) groups excluding carboxylic acids is 2. The van der Waals surface area contributed by atoms with Gasteiger partial charge in [0.15, 0.2) is 0 Å². The summed E-state index contributed by atoms with van der Waals surface area (Å²) >= 11 is 5.60. The maximum absolute atomic E-state index is 11.7. The molecule has 0 aromatic carbocycles. The first-order valence-corrected chi connectivity index (χ1v) is 5.51. The van der Waals surface area contributed by atoms with Crippen LogP contribution in [0, 0.1) is 0 Å². The minimum Gasteiger partial charge on any atom is -0.464 e. The lowest BCUT2D eigenvalue weighted by molar-refractivity contribution is -0.144. The molecule has 92 valence electrons. The lowest BCUT2D eigenvalue weighted by Crippen LogP contribution is -2.39. The molecule has 0 saturated heterocycles. The van der Waals surface area contributed by atoms with Crippen LogP contribution in [-0.4, -0.2) is 29.5 Å². The summed E-state index contributed by atoms with van der Waals surface area (Å²) in [5, 5.41) is 2.81. The summed E-state index contributed by atoms with van der Waals surface area (Å²) in [6, 6.07) is 2.34. The highest BCUT2D eigenvalue weighted by Crippen LogP contribution is 2.05. The summed E-state index contributed by atoms with van der Waals surface area (Å²) in [4.78, 5) is 26.7. The van der Waals surface area contributed by atoms with Gasteiger partial charge in [0.1, 0.15) is 11.2 Å². The molecule has 0 aliphatic heterocycles. The second-order valence-electron chi connectivity index (χ2n) is 3.32. The van der Waals surface area contributed by atoms with E-state index in [4.69, 9.17) is 16.3 Å². The Kier molecular flexibility index (Phi) is 4.90. The van der Waals surface area contributed by atoms with Crippen LogP contribution in [0.15, 0.2) is 18.3 Å². The third kappa shape index (κ3) is 4.03. The molecule has 1 aromatic heterocycles. The lowest BCUT2D eigenvalue weighted by atomic mass is 10.2. The Morgan fingerprint density at radius 3 is 2.76 bits per heavy atom. The molecular formula is C11H13ClN2O3. The van der Waals surface area contributed by atoms with Crippen LogP contribution in [0.2, 0.25) is 5.15 Å². The first-order valence-electron chi connectivity index (χ1n) is 5.13. The van der Waals surface area contributed by atoms with Crippen LogP contribution in [-0.2, 0) is 9.53 Å². The van der Waals surface area contributed by atoms with E-state index in [2.05, 4.69) is 10.3 Å². The van der Waals surface area contributed by atoms with Gasteiger partial charge in [-0.3, -0.25) is 4.79 Å². The van der Waals surface area contributed by atoms with Gasteiger partial charge in [0.05, 0.1) is 12.2 Å². The van der Waals surface area contributed by atoms with Gasteiger partial charge in [-0.25, -0.2) is 9.78 Å². The van der Waals surface area contributed by atoms with Crippen molar-refractivity contribution in [2.75, 3.05) is 6.61 Å². The van der Waals surface area contributed by atoms with Crippen molar-refractivity contribution in [2.45, 2.75) is 19.9 Å². The van der Waals surface area contributed by atoms with Gasteiger partial charge in [-0.1, -0.05) is 11.6 Å². The smallest absolute Gasteiger partial charge is 0.328 e. The third-order valence-corrected chi connectivity index (χ3v) is 2.20. The Hall–Kier alpha value is -1.62. The summed E-state index contributed by atoms with van der Waals surface area (Å²) < 4.78 is 4.77. The zero-order chi connectivity index (χ0) is 12.8. The van der Waals surface area contributed by atoms with E-state index in [0.717, 1.165) is 0 Å². The van der Waals surface area contributed by atoms with E-state index in [1.54, 1.807) is 13.8 Å². The molecule has 6 heteroatoms. The molecule has 1 N–H and O–H groups in total. The number of rotatable bonds is 4. The number of amides is 1. The van der Waals surface area contributed by atoms with Crippen LogP contribution >= 0.6 is 11.6 Å². The minimum absolute atomic E-state index is 0.279. The van der Waals surface area contributed by atoms with Crippen LogP contribution in [0.3, 0.4) is 0 Å². The van der Waals surface area contributed by atoms with Crippen molar-refractivity contribution in [3.8, 4) is 0 Å². The average molecular weight is 257 g/mol. The van der Waals surface area contributed by atoms with Gasteiger partial charge in [-0.15, -0.1) is 0 Å². The number of nitrogens with one attached hydrogen (secondary N) is 1. The van der Waals surface area contributed by atoms with Crippen molar-refractivity contribution in [3.05, 3.63) is 29.0 Å². The zero-order valence-corrected chi connectivity index (χ0v) is 10.3. The molecule has 1 atom stereocenters. The monoisotopic (exact) mass is 256 g/mol. The molecule has 0 aliphatic rings. The van der Waals surface area contributed by atoms with E-state index >= 15 is 0 Å². The summed E-state index contributed by atoms with van der Waals surface area (Å²) in [6.45, 7) is 3.54. The van der Waals surface area contributed by atoms with Gasteiger partial charge in [0.2, 0.25) is 0 Å². The Morgan fingerprint density at radius 2 is 2.24 bits per heavy atom. The van der Waals surface area contributed by atoms with Gasteiger partial charge < -0.3 is 10.1 Å². The van der Waals surface area contributed by atoms with Crippen molar-refractivity contribution < 1.29 is 14.3 Å². The molecule has 1 amide bonds. The summed E-state index contributed by atoms with van der Waals surface area (Å²) in [5.41, 5.74) is 0.338. The summed E-state index contributed by atoms with van der Waals surface area (Å²) in [6.07, 6.45) is 1.34. The summed E-state index contributed by atoms with van der Waals surface area (Å²) in [5.74, 6) is -0.863. The van der Waals surface area contributed by atoms with Crippen LogP contribution < -0.4 is 5.32 Å². The first-order chi connectivity index (χ1) is 8.04. The molecular weight excluding hydrogens is 244 g/mol. The van der Waals surface area contributed by atoms with Crippen molar-refractivity contribution >= 4 is 23.5 Å². The fourth-order valence-corrected chi connectivity index (χ4v) is 1.23. The SMILES string of the molecule is CCOC(=O)C(C)NC(=O)c1ccc(Cl)nc1. The Morgan fingerprint density at radius 1 is 1.53 bits per heavy atom. The molecule has 1 heterocycles. The molecule has 1 rings (SSSR count). The molecule has 1 aromatic rings. The maximum atomic E-state index is 11.7. The number of esters is 1. The highest BCUT2D eigenvalue weighted by molar-refractivity contribution is 6.29. The largest absolute Gasteiger partial charge is 0.464 e. The highest BCUT2D eigenvalue weighted by atomic mass is 35.5. The molecule has 0 bridgehead atoms. The van der Waals surface area contributed by atoms with Crippen LogP contribution in [0.25, 0.3) is 0 Å². The predicted molar refractivity (Wildman–Crippen MR) is 62.8 cm³/mol. The van der Waals surface area contributed by atoms with Crippen molar-refractivity contribution in [2.24, 2.45) is 0 Å². The van der Waals surface area contributed by atoms with E-state index in [1.807, 2.05) is 0 Å². The number of nitrogens with zero attached hydrogens (tertiary/aromatic N) is 1. The van der Waals surface area contributed by atoms with E-state index in [-0.39, 0.29) is 6.61 Å². The minimum atomic E-state index is -0.696. The van der Waals surface area contributed by atoms with Gasteiger partial charge in [-0.2, -0.15) is 0 Å². The second-order valence-corrected chi connectivity index (χ2v) is 3.70. The Bertz CT molecular complexity index is 406. The number of pyridine rings is 1. The number of halogens is 1. The normalized spacial score (nSPS) is 11.7. The number of carbonyl (C=O) groups is 2. The van der Waals surface area contributed by atoms with Gasteiger partial charge >= 0.3 is 5.97 Å². The quantitative estimate of drug-likeness (QED) is 0.653. The molecule has 0 saturated carbocycles. The van der Waals surface area contributed by atoms with Crippen LogP contribution in [0.1, 0.15) is 24.2 Å².